The number of primary amides is 2. The molecule has 15 heteroatoms. The lowest BCUT2D eigenvalue weighted by atomic mass is 10.1. The molecule has 0 saturated heterocycles. The maximum Gasteiger partial charge on any atom is 0.326 e. The van der Waals surface area contributed by atoms with E-state index in [1.807, 2.05) is 0 Å². The molecule has 5 amide bonds. The van der Waals surface area contributed by atoms with E-state index in [9.17, 15) is 33.9 Å². The average molecular weight is 454 g/mol. The van der Waals surface area contributed by atoms with E-state index < -0.39 is 66.6 Å². The number of carbonyl (C=O) groups excluding carboxylic acids is 5. The van der Waals surface area contributed by atoms with Gasteiger partial charge in [-0.05, 0) is 6.42 Å². The van der Waals surface area contributed by atoms with Gasteiger partial charge < -0.3 is 43.2 Å². The molecule has 3 unspecified atom stereocenters. The number of carboxylic acid groups (broad SMARTS) is 1. The van der Waals surface area contributed by atoms with Gasteiger partial charge in [0.2, 0.25) is 29.5 Å². The first-order chi connectivity index (χ1) is 15.0. The number of amides is 5. The van der Waals surface area contributed by atoms with Gasteiger partial charge in [0.15, 0.2) is 0 Å². The van der Waals surface area contributed by atoms with E-state index in [1.165, 1.54) is 12.5 Å². The fourth-order valence-corrected chi connectivity index (χ4v) is 2.58. The number of imidazole rings is 1. The monoisotopic (exact) mass is 454 g/mol. The van der Waals surface area contributed by atoms with Crippen molar-refractivity contribution in [2.75, 3.05) is 6.54 Å². The van der Waals surface area contributed by atoms with Gasteiger partial charge in [0.1, 0.15) is 18.1 Å². The second-order valence-corrected chi connectivity index (χ2v) is 6.74. The first-order valence-electron chi connectivity index (χ1n) is 9.40. The summed E-state index contributed by atoms with van der Waals surface area (Å²) in [4.78, 5) is 77.2. The zero-order valence-electron chi connectivity index (χ0n) is 17.0. The minimum absolute atomic E-state index is 0.147. The maximum atomic E-state index is 12.6. The highest BCUT2D eigenvalue weighted by Crippen LogP contribution is 2.03. The Kier molecular flexibility index (Phi) is 10.3. The molecule has 1 heterocycles. The van der Waals surface area contributed by atoms with E-state index in [2.05, 4.69) is 25.9 Å². The van der Waals surface area contributed by atoms with Crippen molar-refractivity contribution in [2.24, 2.45) is 17.2 Å². The number of nitrogens with zero attached hydrogens (tertiary/aromatic N) is 1. The van der Waals surface area contributed by atoms with Crippen molar-refractivity contribution in [3.05, 3.63) is 18.2 Å². The number of carbonyl (C=O) groups is 6. The number of hydrogen-bond donors (Lipinski definition) is 8. The second-order valence-electron chi connectivity index (χ2n) is 6.74. The van der Waals surface area contributed by atoms with Crippen molar-refractivity contribution >= 4 is 35.5 Å². The van der Waals surface area contributed by atoms with Crippen LogP contribution in [0.15, 0.2) is 12.5 Å². The minimum atomic E-state index is -1.55. The van der Waals surface area contributed by atoms with Gasteiger partial charge in [-0.3, -0.25) is 24.0 Å². The molecule has 15 nitrogen and oxygen atoms in total. The number of aliphatic carboxylic acids is 1. The molecule has 1 rings (SSSR count). The lowest BCUT2D eigenvalue weighted by Crippen LogP contribution is -2.57. The van der Waals surface area contributed by atoms with Gasteiger partial charge in [0.05, 0.1) is 19.3 Å². The molecular formula is C17H26N8O7. The number of aromatic nitrogens is 2. The molecule has 0 aliphatic carbocycles. The van der Waals surface area contributed by atoms with Crippen LogP contribution < -0.4 is 33.2 Å². The maximum absolute atomic E-state index is 12.6. The Morgan fingerprint density at radius 1 is 0.969 bits per heavy atom. The Balaban J connectivity index is 2.95. The molecule has 3 atom stereocenters. The molecule has 1 aromatic heterocycles. The number of nitrogens with one attached hydrogen (secondary N) is 4. The number of rotatable bonds is 14. The molecule has 0 saturated carbocycles. The highest BCUT2D eigenvalue weighted by atomic mass is 16.4. The van der Waals surface area contributed by atoms with E-state index in [0.717, 1.165) is 0 Å². The van der Waals surface area contributed by atoms with Gasteiger partial charge in [-0.2, -0.15) is 0 Å². The second kappa shape index (κ2) is 12.6. The van der Waals surface area contributed by atoms with Crippen LogP contribution >= 0.6 is 0 Å². The van der Waals surface area contributed by atoms with E-state index in [0.29, 0.717) is 5.69 Å². The van der Waals surface area contributed by atoms with Crippen LogP contribution in [0, 0.1) is 0 Å². The van der Waals surface area contributed by atoms with Crippen LogP contribution in [0.3, 0.4) is 0 Å². The van der Waals surface area contributed by atoms with Crippen LogP contribution in [0.1, 0.15) is 25.0 Å². The predicted octanol–water partition coefficient (Wildman–Crippen LogP) is -4.41. The van der Waals surface area contributed by atoms with Crippen molar-refractivity contribution in [1.82, 2.24) is 25.9 Å². The average Bonchev–Trinajstić information content (AvgIpc) is 3.22. The van der Waals surface area contributed by atoms with E-state index >= 15 is 0 Å². The summed E-state index contributed by atoms with van der Waals surface area (Å²) < 4.78 is 0. The van der Waals surface area contributed by atoms with Crippen molar-refractivity contribution < 1.29 is 33.9 Å². The Hall–Kier alpha value is -4.01. The first-order valence-corrected chi connectivity index (χ1v) is 9.40. The van der Waals surface area contributed by atoms with Crippen LogP contribution in [-0.2, 0) is 35.2 Å². The molecule has 0 fully saturated rings. The Bertz CT molecular complexity index is 842. The van der Waals surface area contributed by atoms with E-state index in [1.54, 1.807) is 0 Å². The molecule has 0 bridgehead atoms. The highest BCUT2D eigenvalue weighted by Gasteiger charge is 2.30. The van der Waals surface area contributed by atoms with Crippen molar-refractivity contribution in [3.8, 4) is 0 Å². The Labute approximate surface area is 181 Å². The van der Waals surface area contributed by atoms with Gasteiger partial charge in [0, 0.05) is 24.7 Å². The van der Waals surface area contributed by atoms with Crippen LogP contribution in [-0.4, -0.2) is 75.2 Å². The SMILES string of the molecule is NCC(=O)NC(CCC(N)=O)C(=O)NC(CC(N)=O)C(=O)NC(Cc1cnc[nH]1)C(=O)O. The van der Waals surface area contributed by atoms with E-state index in [-0.39, 0.29) is 19.3 Å². The van der Waals surface area contributed by atoms with E-state index in [4.69, 9.17) is 17.2 Å². The van der Waals surface area contributed by atoms with Crippen molar-refractivity contribution in [1.29, 1.82) is 0 Å². The first kappa shape index (κ1) is 26.0. The summed E-state index contributed by atoms with van der Waals surface area (Å²) in [6.45, 7) is -0.445. The molecule has 32 heavy (non-hydrogen) atoms. The number of carboxylic acids is 1. The minimum Gasteiger partial charge on any atom is -0.480 e. The van der Waals surface area contributed by atoms with Crippen LogP contribution in [0.5, 0.6) is 0 Å². The van der Waals surface area contributed by atoms with Gasteiger partial charge in [0.25, 0.3) is 0 Å². The summed E-state index contributed by atoms with van der Waals surface area (Å²) in [6.07, 6.45) is 1.44. The molecule has 1 aromatic rings. The molecule has 0 aliphatic heterocycles. The van der Waals surface area contributed by atoms with Crippen molar-refractivity contribution in [2.45, 2.75) is 43.8 Å². The predicted molar refractivity (Wildman–Crippen MR) is 107 cm³/mol. The smallest absolute Gasteiger partial charge is 0.326 e. The Morgan fingerprint density at radius 2 is 1.59 bits per heavy atom. The quantitative estimate of drug-likeness (QED) is 0.135. The summed E-state index contributed by atoms with van der Waals surface area (Å²) in [6, 6.07) is -4.24. The molecule has 0 aromatic carbocycles. The summed E-state index contributed by atoms with van der Waals surface area (Å²) in [5, 5.41) is 16.1. The van der Waals surface area contributed by atoms with Crippen LogP contribution in [0.4, 0.5) is 0 Å². The van der Waals surface area contributed by atoms with Gasteiger partial charge >= 0.3 is 5.97 Å². The third kappa shape index (κ3) is 9.21. The molecule has 0 radical (unpaired) electrons. The third-order valence-electron chi connectivity index (χ3n) is 4.15. The topological polar surface area (TPSA) is 265 Å². The molecule has 11 N–H and O–H groups in total. The summed E-state index contributed by atoms with van der Waals surface area (Å²) in [5.41, 5.74) is 15.8. The Morgan fingerprint density at radius 3 is 2.09 bits per heavy atom. The summed E-state index contributed by atoms with van der Waals surface area (Å²) >= 11 is 0. The van der Waals surface area contributed by atoms with Crippen molar-refractivity contribution in [3.63, 3.8) is 0 Å². The third-order valence-corrected chi connectivity index (χ3v) is 4.15. The van der Waals surface area contributed by atoms with Gasteiger partial charge in [-0.1, -0.05) is 0 Å². The van der Waals surface area contributed by atoms with Crippen LogP contribution in [0.2, 0.25) is 0 Å². The standard InChI is InChI=1S/C17H26N8O7/c18-5-14(28)23-9(1-2-12(19)26)15(29)24-10(4-13(20)27)16(30)25-11(17(31)32)3-8-6-21-7-22-8/h6-7,9-11H,1-5,18H2,(H2,19,26)(H2,20,27)(H,21,22)(H,23,28)(H,24,29)(H,25,30)(H,31,32). The number of nitrogens with two attached hydrogens (primary N) is 3. The number of hydrogen-bond acceptors (Lipinski definition) is 8. The molecule has 176 valence electrons. The molecule has 0 aliphatic rings. The summed E-state index contributed by atoms with van der Waals surface area (Å²) in [7, 11) is 0. The summed E-state index contributed by atoms with van der Waals surface area (Å²) in [5.74, 6) is -5.69. The molecule has 0 spiro atoms. The largest absolute Gasteiger partial charge is 0.480 e. The normalized spacial score (nSPS) is 13.3. The number of aromatic amines is 1. The highest BCUT2D eigenvalue weighted by molar-refractivity contribution is 5.96. The molecular weight excluding hydrogens is 428 g/mol. The van der Waals surface area contributed by atoms with Gasteiger partial charge in [-0.15, -0.1) is 0 Å². The number of H-pyrrole nitrogens is 1. The van der Waals surface area contributed by atoms with Gasteiger partial charge in [-0.25, -0.2) is 9.78 Å². The lowest BCUT2D eigenvalue weighted by molar-refractivity contribution is -0.142. The van der Waals surface area contributed by atoms with Crippen LogP contribution in [0.25, 0.3) is 0 Å². The fraction of sp³-hybridized carbons (Fsp3) is 0.471. The zero-order valence-corrected chi connectivity index (χ0v) is 17.0. The zero-order chi connectivity index (χ0) is 24.3. The fourth-order valence-electron chi connectivity index (χ4n) is 2.58. The lowest BCUT2D eigenvalue weighted by Gasteiger charge is -2.23.